The van der Waals surface area contributed by atoms with Gasteiger partial charge in [-0.05, 0) is 82.4 Å². The molecular formula is C29H23NO2. The first-order valence-corrected chi connectivity index (χ1v) is 11.2. The Morgan fingerprint density at radius 3 is 2.41 bits per heavy atom. The van der Waals surface area contributed by atoms with Gasteiger partial charge in [-0.1, -0.05) is 54.6 Å². The number of carbonyl (C=O) groups excluding carboxylic acids is 1. The molecule has 156 valence electrons. The fourth-order valence-corrected chi connectivity index (χ4v) is 5.35. The van der Waals surface area contributed by atoms with E-state index in [-0.39, 0.29) is 17.6 Å². The smallest absolute Gasteiger partial charge is 0.219 e. The van der Waals surface area contributed by atoms with Crippen LogP contribution >= 0.6 is 0 Å². The molecule has 6 rings (SSSR count). The molecule has 5 aromatic rings. The normalized spacial score (nSPS) is 15.8. The van der Waals surface area contributed by atoms with Crippen molar-refractivity contribution in [1.29, 1.82) is 0 Å². The van der Waals surface area contributed by atoms with Crippen LogP contribution in [-0.2, 0) is 17.6 Å². The van der Waals surface area contributed by atoms with E-state index in [0.29, 0.717) is 0 Å². The van der Waals surface area contributed by atoms with Crippen molar-refractivity contribution in [2.24, 2.45) is 5.92 Å². The third-order valence-corrected chi connectivity index (χ3v) is 7.01. The van der Waals surface area contributed by atoms with Crippen LogP contribution < -0.4 is 0 Å². The van der Waals surface area contributed by atoms with Crippen molar-refractivity contribution in [2.45, 2.75) is 26.2 Å². The molecule has 0 bridgehead atoms. The maximum absolute atomic E-state index is 12.1. The number of fused-ring (bicyclic) bond motifs is 6. The van der Waals surface area contributed by atoms with Gasteiger partial charge < -0.3 is 5.11 Å². The molecule has 0 saturated heterocycles. The summed E-state index contributed by atoms with van der Waals surface area (Å²) in [5.74, 6) is 0.433. The first-order valence-electron chi connectivity index (χ1n) is 11.2. The highest BCUT2D eigenvalue weighted by Crippen LogP contribution is 2.41. The van der Waals surface area contributed by atoms with Crippen LogP contribution in [0.5, 0.6) is 5.88 Å². The number of nitrogens with zero attached hydrogens (tertiary/aromatic N) is 1. The zero-order valence-corrected chi connectivity index (χ0v) is 17.9. The molecule has 1 atom stereocenters. The first-order chi connectivity index (χ1) is 15.6. The first kappa shape index (κ1) is 19.0. The van der Waals surface area contributed by atoms with E-state index in [0.717, 1.165) is 46.7 Å². The van der Waals surface area contributed by atoms with Crippen LogP contribution in [0.15, 0.2) is 72.8 Å². The highest BCUT2D eigenvalue weighted by molar-refractivity contribution is 6.15. The monoisotopic (exact) mass is 417 g/mol. The number of aryl methyl sites for hydroxylation is 1. The second kappa shape index (κ2) is 7.16. The van der Waals surface area contributed by atoms with Crippen molar-refractivity contribution in [3.8, 4) is 17.1 Å². The fraction of sp³-hybridized carbons (Fsp3) is 0.172. The molecule has 0 fully saturated rings. The van der Waals surface area contributed by atoms with Gasteiger partial charge in [0.25, 0.3) is 0 Å². The van der Waals surface area contributed by atoms with Crippen molar-refractivity contribution < 1.29 is 9.90 Å². The topological polar surface area (TPSA) is 50.2 Å². The average molecular weight is 418 g/mol. The third-order valence-electron chi connectivity index (χ3n) is 7.01. The highest BCUT2D eigenvalue weighted by atomic mass is 16.3. The van der Waals surface area contributed by atoms with Crippen LogP contribution in [0.2, 0.25) is 0 Å². The minimum atomic E-state index is 0.0563. The third kappa shape index (κ3) is 2.89. The van der Waals surface area contributed by atoms with Gasteiger partial charge in [-0.3, -0.25) is 4.79 Å². The molecule has 1 heterocycles. The van der Waals surface area contributed by atoms with Crippen molar-refractivity contribution in [1.82, 2.24) is 4.98 Å². The van der Waals surface area contributed by atoms with Crippen LogP contribution in [0, 0.1) is 5.92 Å². The molecule has 4 aromatic carbocycles. The molecule has 3 nitrogen and oxygen atoms in total. The summed E-state index contributed by atoms with van der Waals surface area (Å²) in [4.78, 5) is 16.7. The SMILES string of the molecule is CC(=O)C1CCc2c(ccc3c2c(-c2cc4ccccc4c(O)n2)cc2ccccc23)C1. The Morgan fingerprint density at radius 1 is 0.906 bits per heavy atom. The van der Waals surface area contributed by atoms with Crippen molar-refractivity contribution in [2.75, 3.05) is 0 Å². The van der Waals surface area contributed by atoms with E-state index in [1.807, 2.05) is 24.3 Å². The number of hydrogen-bond acceptors (Lipinski definition) is 3. The number of aromatic hydroxyl groups is 1. The van der Waals surface area contributed by atoms with E-state index < -0.39 is 0 Å². The Balaban J connectivity index is 1.70. The van der Waals surface area contributed by atoms with Crippen molar-refractivity contribution in [3.05, 3.63) is 83.9 Å². The molecule has 1 aromatic heterocycles. The number of benzene rings is 4. The molecule has 0 amide bonds. The van der Waals surface area contributed by atoms with E-state index in [1.165, 1.54) is 27.3 Å². The Bertz CT molecular complexity index is 1550. The Labute approximate surface area is 186 Å². The van der Waals surface area contributed by atoms with Crippen LogP contribution in [-0.4, -0.2) is 15.9 Å². The minimum absolute atomic E-state index is 0.0563. The van der Waals surface area contributed by atoms with Gasteiger partial charge in [-0.2, -0.15) is 0 Å². The number of pyridine rings is 1. The number of aromatic nitrogens is 1. The summed E-state index contributed by atoms with van der Waals surface area (Å²) in [5, 5.41) is 17.2. The lowest BCUT2D eigenvalue weighted by molar-refractivity contribution is -0.121. The standard InChI is InChI=1S/C29H23NO2/c1-17(31)18-10-12-23-21(14-18)11-13-25-22-8-4-2-6-19(22)15-26(28(23)25)27-16-20-7-3-5-9-24(20)29(32)30-27/h2-9,11,13,15-16,18H,10,12,14H2,1H3,(H,30,32). The largest absolute Gasteiger partial charge is 0.493 e. The van der Waals surface area contributed by atoms with E-state index in [4.69, 9.17) is 0 Å². The average Bonchev–Trinajstić information content (AvgIpc) is 2.82. The number of ketones is 1. The van der Waals surface area contributed by atoms with Gasteiger partial charge >= 0.3 is 0 Å². The predicted molar refractivity (Wildman–Crippen MR) is 130 cm³/mol. The molecule has 1 aliphatic rings. The van der Waals surface area contributed by atoms with Gasteiger partial charge in [0, 0.05) is 16.9 Å². The Morgan fingerprint density at radius 2 is 1.62 bits per heavy atom. The van der Waals surface area contributed by atoms with E-state index in [9.17, 15) is 9.90 Å². The lowest BCUT2D eigenvalue weighted by Crippen LogP contribution is -2.20. The zero-order chi connectivity index (χ0) is 21.8. The molecular weight excluding hydrogens is 394 g/mol. The van der Waals surface area contributed by atoms with Crippen molar-refractivity contribution >= 4 is 38.1 Å². The minimum Gasteiger partial charge on any atom is -0.493 e. The van der Waals surface area contributed by atoms with Gasteiger partial charge in [0.1, 0.15) is 5.78 Å². The van der Waals surface area contributed by atoms with Gasteiger partial charge in [0.05, 0.1) is 5.69 Å². The van der Waals surface area contributed by atoms with Crippen molar-refractivity contribution in [3.63, 3.8) is 0 Å². The number of hydrogen-bond donors (Lipinski definition) is 1. The number of rotatable bonds is 2. The Hall–Kier alpha value is -3.72. The summed E-state index contributed by atoms with van der Waals surface area (Å²) in [6.07, 6.45) is 2.55. The molecule has 0 spiro atoms. The van der Waals surface area contributed by atoms with Crippen LogP contribution in [0.1, 0.15) is 24.5 Å². The summed E-state index contributed by atoms with van der Waals surface area (Å²) in [6.45, 7) is 1.71. The highest BCUT2D eigenvalue weighted by Gasteiger charge is 2.25. The summed E-state index contributed by atoms with van der Waals surface area (Å²) >= 11 is 0. The molecule has 1 N–H and O–H groups in total. The van der Waals surface area contributed by atoms with Crippen LogP contribution in [0.3, 0.4) is 0 Å². The van der Waals surface area contributed by atoms with Crippen LogP contribution in [0.4, 0.5) is 0 Å². The second-order valence-electron chi connectivity index (χ2n) is 8.87. The zero-order valence-electron chi connectivity index (χ0n) is 17.9. The maximum Gasteiger partial charge on any atom is 0.219 e. The number of carbonyl (C=O) groups is 1. The van der Waals surface area contributed by atoms with E-state index >= 15 is 0 Å². The second-order valence-corrected chi connectivity index (χ2v) is 8.87. The predicted octanol–water partition coefficient (Wildman–Crippen LogP) is 6.61. The number of Topliss-reactive ketones (excluding diaryl/α,β-unsaturated/α-hetero) is 1. The van der Waals surface area contributed by atoms with E-state index in [1.54, 1.807) is 6.92 Å². The van der Waals surface area contributed by atoms with Gasteiger partial charge in [0.2, 0.25) is 5.88 Å². The fourth-order valence-electron chi connectivity index (χ4n) is 5.35. The Kier molecular flexibility index (Phi) is 4.25. The molecule has 1 unspecified atom stereocenters. The quantitative estimate of drug-likeness (QED) is 0.329. The summed E-state index contributed by atoms with van der Waals surface area (Å²) < 4.78 is 0. The molecule has 0 aliphatic heterocycles. The molecule has 3 heteroatoms. The molecule has 32 heavy (non-hydrogen) atoms. The molecule has 1 aliphatic carbocycles. The summed E-state index contributed by atoms with van der Waals surface area (Å²) in [7, 11) is 0. The van der Waals surface area contributed by atoms with E-state index in [2.05, 4.69) is 53.5 Å². The molecule has 0 saturated carbocycles. The van der Waals surface area contributed by atoms with Gasteiger partial charge in [-0.15, -0.1) is 0 Å². The van der Waals surface area contributed by atoms with Gasteiger partial charge in [-0.25, -0.2) is 4.98 Å². The maximum atomic E-state index is 12.1. The summed E-state index contributed by atoms with van der Waals surface area (Å²) in [5.41, 5.74) is 4.39. The summed E-state index contributed by atoms with van der Waals surface area (Å²) in [6, 6.07) is 24.9. The van der Waals surface area contributed by atoms with Gasteiger partial charge in [0.15, 0.2) is 0 Å². The molecule has 0 radical (unpaired) electrons. The lowest BCUT2D eigenvalue weighted by Gasteiger charge is -2.25. The van der Waals surface area contributed by atoms with Crippen LogP contribution in [0.25, 0.3) is 43.6 Å². The lowest BCUT2D eigenvalue weighted by atomic mass is 9.78.